The lowest BCUT2D eigenvalue weighted by atomic mass is 10.2. The van der Waals surface area contributed by atoms with Crippen molar-refractivity contribution in [3.63, 3.8) is 0 Å². The maximum Gasteiger partial charge on any atom is 0.268 e. The van der Waals surface area contributed by atoms with Crippen LogP contribution in [0.5, 0.6) is 0 Å². The third-order valence-electron chi connectivity index (χ3n) is 4.59. The Morgan fingerprint density at radius 2 is 2.15 bits per heavy atom. The molecule has 4 aromatic rings. The molecule has 4 rings (SSSR count). The highest BCUT2D eigenvalue weighted by Crippen LogP contribution is 2.21. The van der Waals surface area contributed by atoms with E-state index in [2.05, 4.69) is 26.8 Å². The topological polar surface area (TPSA) is 75.1 Å². The van der Waals surface area contributed by atoms with Crippen molar-refractivity contribution >= 4 is 34.2 Å². The number of pyridine rings is 1. The number of carbonyl (C=O) groups is 1. The monoisotopic (exact) mass is 379 g/mol. The Kier molecular flexibility index (Phi) is 4.85. The summed E-state index contributed by atoms with van der Waals surface area (Å²) in [4.78, 5) is 16.1. The van der Waals surface area contributed by atoms with Crippen LogP contribution in [0.2, 0.25) is 0 Å². The first-order valence-corrected chi connectivity index (χ1v) is 10.2. The zero-order valence-corrected chi connectivity index (χ0v) is 16.1. The molecule has 6 nitrogen and oxygen atoms in total. The smallest absolute Gasteiger partial charge is 0.268 e. The number of benzene rings is 1. The van der Waals surface area contributed by atoms with E-state index in [1.165, 1.54) is 0 Å². The Balaban J connectivity index is 1.63. The van der Waals surface area contributed by atoms with Crippen LogP contribution in [0.3, 0.4) is 0 Å². The molecule has 0 saturated heterocycles. The summed E-state index contributed by atoms with van der Waals surface area (Å²) < 4.78 is 1.93. The van der Waals surface area contributed by atoms with Gasteiger partial charge in [-0.05, 0) is 55.2 Å². The Morgan fingerprint density at radius 1 is 1.26 bits per heavy atom. The van der Waals surface area contributed by atoms with Gasteiger partial charge in [-0.1, -0.05) is 18.2 Å². The van der Waals surface area contributed by atoms with Gasteiger partial charge in [0.05, 0.1) is 6.04 Å². The van der Waals surface area contributed by atoms with Gasteiger partial charge in [0.1, 0.15) is 5.69 Å². The molecular formula is C20H21N5OS. The van der Waals surface area contributed by atoms with Crippen molar-refractivity contribution < 1.29 is 4.79 Å². The minimum absolute atomic E-state index is 0.136. The molecule has 0 spiro atoms. The Bertz CT molecular complexity index is 1100. The minimum atomic E-state index is -0.213. The molecule has 138 valence electrons. The third-order valence-corrected chi connectivity index (χ3v) is 5.23. The standard InChI is InChI=1S/C20H21N5OS/c1-13-6-7-14-12-17(21-16(14)11-13)20(26)22-15(8-10-27-2)19-24-23-18-5-3-4-9-25(18)19/h3-7,9,11-12,15,21H,8,10H2,1-2H3,(H,22,26). The van der Waals surface area contributed by atoms with Gasteiger partial charge in [-0.2, -0.15) is 11.8 Å². The molecule has 2 N–H and O–H groups in total. The molecule has 0 saturated carbocycles. The number of rotatable bonds is 6. The van der Waals surface area contributed by atoms with Gasteiger partial charge in [0.15, 0.2) is 11.5 Å². The molecule has 1 amide bonds. The number of H-pyrrole nitrogens is 1. The maximum absolute atomic E-state index is 12.9. The minimum Gasteiger partial charge on any atom is -0.351 e. The first kappa shape index (κ1) is 17.6. The predicted octanol–water partition coefficient (Wildman–Crippen LogP) is 3.74. The fourth-order valence-electron chi connectivity index (χ4n) is 3.20. The third kappa shape index (κ3) is 3.55. The fourth-order valence-corrected chi connectivity index (χ4v) is 3.67. The molecule has 3 aromatic heterocycles. The average Bonchev–Trinajstić information content (AvgIpc) is 3.28. The van der Waals surface area contributed by atoms with Crippen LogP contribution in [0.1, 0.15) is 34.3 Å². The lowest BCUT2D eigenvalue weighted by Gasteiger charge is -2.16. The predicted molar refractivity (Wildman–Crippen MR) is 109 cm³/mol. The van der Waals surface area contributed by atoms with E-state index in [1.54, 1.807) is 11.8 Å². The number of aromatic nitrogens is 4. The van der Waals surface area contributed by atoms with Crippen LogP contribution >= 0.6 is 11.8 Å². The van der Waals surface area contributed by atoms with E-state index in [-0.39, 0.29) is 11.9 Å². The number of aromatic amines is 1. The van der Waals surface area contributed by atoms with Gasteiger partial charge in [-0.25, -0.2) is 0 Å². The van der Waals surface area contributed by atoms with Crippen LogP contribution in [0.15, 0.2) is 48.7 Å². The van der Waals surface area contributed by atoms with E-state index in [4.69, 9.17) is 0 Å². The molecule has 1 aromatic carbocycles. The quantitative estimate of drug-likeness (QED) is 0.535. The molecule has 0 radical (unpaired) electrons. The highest BCUT2D eigenvalue weighted by Gasteiger charge is 2.21. The van der Waals surface area contributed by atoms with Crippen molar-refractivity contribution in [2.24, 2.45) is 0 Å². The summed E-state index contributed by atoms with van der Waals surface area (Å²) >= 11 is 1.74. The van der Waals surface area contributed by atoms with Gasteiger partial charge in [-0.15, -0.1) is 10.2 Å². The lowest BCUT2D eigenvalue weighted by Crippen LogP contribution is -2.30. The highest BCUT2D eigenvalue weighted by molar-refractivity contribution is 7.98. The molecule has 7 heteroatoms. The van der Waals surface area contributed by atoms with Crippen molar-refractivity contribution in [2.75, 3.05) is 12.0 Å². The van der Waals surface area contributed by atoms with Crippen molar-refractivity contribution in [2.45, 2.75) is 19.4 Å². The Labute approximate surface area is 161 Å². The van der Waals surface area contributed by atoms with Crippen LogP contribution in [0.25, 0.3) is 16.6 Å². The summed E-state index contributed by atoms with van der Waals surface area (Å²) in [6.45, 7) is 2.04. The van der Waals surface area contributed by atoms with Gasteiger partial charge in [0.2, 0.25) is 0 Å². The largest absolute Gasteiger partial charge is 0.351 e. The second-order valence-corrected chi connectivity index (χ2v) is 7.55. The van der Waals surface area contributed by atoms with Gasteiger partial charge in [0, 0.05) is 17.1 Å². The molecule has 0 aliphatic heterocycles. The Morgan fingerprint density at radius 3 is 3.00 bits per heavy atom. The van der Waals surface area contributed by atoms with Gasteiger partial charge >= 0.3 is 0 Å². The molecule has 0 fully saturated rings. The zero-order valence-electron chi connectivity index (χ0n) is 15.3. The van der Waals surface area contributed by atoms with Gasteiger partial charge in [0.25, 0.3) is 5.91 Å². The fraction of sp³-hybridized carbons (Fsp3) is 0.250. The molecule has 27 heavy (non-hydrogen) atoms. The van der Waals surface area contributed by atoms with Crippen LogP contribution in [-0.2, 0) is 0 Å². The maximum atomic E-state index is 12.9. The van der Waals surface area contributed by atoms with E-state index in [0.717, 1.165) is 40.1 Å². The van der Waals surface area contributed by atoms with Crippen molar-refractivity contribution in [3.8, 4) is 0 Å². The summed E-state index contributed by atoms with van der Waals surface area (Å²) in [5, 5.41) is 12.7. The number of nitrogens with one attached hydrogen (secondary N) is 2. The van der Waals surface area contributed by atoms with E-state index >= 15 is 0 Å². The summed E-state index contributed by atoms with van der Waals surface area (Å²) in [5.74, 6) is 1.53. The molecule has 0 bridgehead atoms. The number of nitrogens with zero attached hydrogens (tertiary/aromatic N) is 3. The number of carbonyl (C=O) groups excluding carboxylic acids is 1. The number of amides is 1. The summed E-state index contributed by atoms with van der Waals surface area (Å²) in [5.41, 5.74) is 3.45. The molecule has 1 atom stereocenters. The van der Waals surface area contributed by atoms with Crippen molar-refractivity contribution in [1.29, 1.82) is 0 Å². The van der Waals surface area contributed by atoms with Crippen molar-refractivity contribution in [3.05, 3.63) is 65.7 Å². The molecular weight excluding hydrogens is 358 g/mol. The number of aryl methyl sites for hydroxylation is 1. The lowest BCUT2D eigenvalue weighted by molar-refractivity contribution is 0.0929. The van der Waals surface area contributed by atoms with E-state index in [0.29, 0.717) is 5.69 Å². The van der Waals surface area contributed by atoms with E-state index in [9.17, 15) is 4.79 Å². The number of thioether (sulfide) groups is 1. The van der Waals surface area contributed by atoms with Crippen LogP contribution in [-0.4, -0.2) is 37.5 Å². The van der Waals surface area contributed by atoms with Crippen LogP contribution < -0.4 is 5.32 Å². The Hall–Kier alpha value is -2.80. The second-order valence-electron chi connectivity index (χ2n) is 6.57. The molecule has 3 heterocycles. The van der Waals surface area contributed by atoms with Crippen LogP contribution in [0, 0.1) is 6.92 Å². The highest BCUT2D eigenvalue weighted by atomic mass is 32.2. The number of fused-ring (bicyclic) bond motifs is 2. The zero-order chi connectivity index (χ0) is 18.8. The second kappa shape index (κ2) is 7.44. The summed E-state index contributed by atoms with van der Waals surface area (Å²) in [7, 11) is 0. The van der Waals surface area contributed by atoms with Crippen molar-refractivity contribution in [1.82, 2.24) is 24.9 Å². The number of hydrogen-bond acceptors (Lipinski definition) is 4. The van der Waals surface area contributed by atoms with E-state index < -0.39 is 0 Å². The van der Waals surface area contributed by atoms with Gasteiger partial charge in [-0.3, -0.25) is 9.20 Å². The van der Waals surface area contributed by atoms with E-state index in [1.807, 2.05) is 60.0 Å². The summed E-state index contributed by atoms with van der Waals surface area (Å²) in [6, 6.07) is 13.6. The average molecular weight is 379 g/mol. The first-order valence-electron chi connectivity index (χ1n) is 8.84. The molecule has 1 unspecified atom stereocenters. The summed E-state index contributed by atoms with van der Waals surface area (Å²) in [6.07, 6.45) is 4.76. The molecule has 0 aliphatic carbocycles. The van der Waals surface area contributed by atoms with Gasteiger partial charge < -0.3 is 10.3 Å². The molecule has 0 aliphatic rings. The first-order chi connectivity index (χ1) is 13.2. The number of hydrogen-bond donors (Lipinski definition) is 2. The SMILES string of the molecule is CSCCC(NC(=O)c1cc2ccc(C)cc2[nH]1)c1nnc2ccccn12. The normalized spacial score (nSPS) is 12.5. The van der Waals surface area contributed by atoms with Crippen LogP contribution in [0.4, 0.5) is 0 Å².